The molecule has 0 saturated carbocycles. The van der Waals surface area contributed by atoms with Gasteiger partial charge in [-0.05, 0) is 18.6 Å². The molecule has 1 aromatic rings. The van der Waals surface area contributed by atoms with E-state index < -0.39 is 6.36 Å². The monoisotopic (exact) mass is 303 g/mol. The summed E-state index contributed by atoms with van der Waals surface area (Å²) in [6.45, 7) is 2.84. The maximum Gasteiger partial charge on any atom is 0.573 e. The van der Waals surface area contributed by atoms with Crippen LogP contribution in [0.4, 0.5) is 18.9 Å². The first-order valence-corrected chi connectivity index (χ1v) is 7.61. The van der Waals surface area contributed by atoms with Crippen LogP contribution >= 0.6 is 0 Å². The number of unbranched alkanes of at least 4 members (excludes halogenated alkanes) is 6. The molecule has 0 saturated heterocycles. The zero-order valence-corrected chi connectivity index (χ0v) is 12.5. The molecular weight excluding hydrogens is 279 g/mol. The van der Waals surface area contributed by atoms with Crippen molar-refractivity contribution in [2.75, 3.05) is 11.9 Å². The Labute approximate surface area is 124 Å². The van der Waals surface area contributed by atoms with Gasteiger partial charge in [0, 0.05) is 6.54 Å². The van der Waals surface area contributed by atoms with Crippen molar-refractivity contribution in [2.45, 2.75) is 58.2 Å². The highest BCUT2D eigenvalue weighted by atomic mass is 19.4. The van der Waals surface area contributed by atoms with E-state index >= 15 is 0 Å². The third-order valence-electron chi connectivity index (χ3n) is 3.21. The van der Waals surface area contributed by atoms with Gasteiger partial charge in [-0.3, -0.25) is 0 Å². The predicted molar refractivity (Wildman–Crippen MR) is 79.6 cm³/mol. The molecule has 0 aromatic heterocycles. The number of ether oxygens (including phenoxy) is 1. The fourth-order valence-electron chi connectivity index (χ4n) is 2.13. The first-order valence-electron chi connectivity index (χ1n) is 7.61. The summed E-state index contributed by atoms with van der Waals surface area (Å²) in [6.07, 6.45) is 3.59. The molecule has 1 aromatic carbocycles. The van der Waals surface area contributed by atoms with Crippen LogP contribution in [0, 0.1) is 0 Å². The number of anilines is 1. The number of hydrogen-bond donors (Lipinski definition) is 1. The lowest BCUT2D eigenvalue weighted by Gasteiger charge is -2.14. The molecule has 0 bridgehead atoms. The predicted octanol–water partition coefficient (Wildman–Crippen LogP) is 5.75. The van der Waals surface area contributed by atoms with Gasteiger partial charge in [0.25, 0.3) is 0 Å². The van der Waals surface area contributed by atoms with Gasteiger partial charge in [-0.1, -0.05) is 57.6 Å². The van der Waals surface area contributed by atoms with E-state index in [-0.39, 0.29) is 5.75 Å². The summed E-state index contributed by atoms with van der Waals surface area (Å²) in [7, 11) is 0. The van der Waals surface area contributed by atoms with Gasteiger partial charge in [-0.2, -0.15) is 0 Å². The summed E-state index contributed by atoms with van der Waals surface area (Å²) in [5.74, 6) is -0.173. The molecule has 0 atom stereocenters. The van der Waals surface area contributed by atoms with Crippen molar-refractivity contribution in [1.29, 1.82) is 0 Å². The zero-order chi connectivity index (χ0) is 15.6. The maximum atomic E-state index is 12.3. The van der Waals surface area contributed by atoms with E-state index in [1.807, 2.05) is 0 Å². The van der Waals surface area contributed by atoms with Crippen molar-refractivity contribution in [3.8, 4) is 5.75 Å². The molecule has 0 spiro atoms. The van der Waals surface area contributed by atoms with E-state index in [1.54, 1.807) is 12.1 Å². The van der Waals surface area contributed by atoms with Gasteiger partial charge in [0.2, 0.25) is 0 Å². The average Bonchev–Trinajstić information content (AvgIpc) is 2.42. The Kier molecular flexibility index (Phi) is 8.01. The molecule has 0 fully saturated rings. The van der Waals surface area contributed by atoms with Crippen LogP contribution in [-0.4, -0.2) is 12.9 Å². The Morgan fingerprint density at radius 1 is 0.952 bits per heavy atom. The van der Waals surface area contributed by atoms with Gasteiger partial charge in [0.1, 0.15) is 0 Å². The highest BCUT2D eigenvalue weighted by molar-refractivity contribution is 5.56. The van der Waals surface area contributed by atoms with Crippen LogP contribution in [0.5, 0.6) is 5.75 Å². The number of rotatable bonds is 10. The standard InChI is InChI=1S/C16H24F3NO/c1-2-3-4-5-6-7-10-13-20-14-11-8-9-12-15(14)21-16(17,18)19/h8-9,11-12,20H,2-7,10,13H2,1H3. The summed E-state index contributed by atoms with van der Waals surface area (Å²) in [4.78, 5) is 0. The fourth-order valence-corrected chi connectivity index (χ4v) is 2.13. The lowest BCUT2D eigenvalue weighted by Crippen LogP contribution is -2.18. The van der Waals surface area contributed by atoms with E-state index in [1.165, 1.54) is 44.2 Å². The van der Waals surface area contributed by atoms with Crippen molar-refractivity contribution in [2.24, 2.45) is 0 Å². The van der Waals surface area contributed by atoms with Crippen LogP contribution in [0.1, 0.15) is 51.9 Å². The van der Waals surface area contributed by atoms with Crippen molar-refractivity contribution < 1.29 is 17.9 Å². The molecule has 0 aliphatic carbocycles. The van der Waals surface area contributed by atoms with Gasteiger partial charge in [0.15, 0.2) is 5.75 Å². The molecule has 5 heteroatoms. The molecule has 0 aliphatic heterocycles. The minimum absolute atomic E-state index is 0.173. The molecule has 0 amide bonds. The normalized spacial score (nSPS) is 11.4. The Balaban J connectivity index is 2.26. The summed E-state index contributed by atoms with van der Waals surface area (Å²) in [6, 6.07) is 6.14. The topological polar surface area (TPSA) is 21.3 Å². The van der Waals surface area contributed by atoms with E-state index in [0.29, 0.717) is 12.2 Å². The van der Waals surface area contributed by atoms with Crippen LogP contribution in [-0.2, 0) is 0 Å². The molecule has 21 heavy (non-hydrogen) atoms. The van der Waals surface area contributed by atoms with E-state index in [0.717, 1.165) is 12.8 Å². The number of para-hydroxylation sites is 2. The number of benzene rings is 1. The van der Waals surface area contributed by atoms with Crippen LogP contribution in [0.15, 0.2) is 24.3 Å². The van der Waals surface area contributed by atoms with Crippen molar-refractivity contribution in [1.82, 2.24) is 0 Å². The third kappa shape index (κ3) is 8.48. The Bertz CT molecular complexity index is 393. The second-order valence-corrected chi connectivity index (χ2v) is 5.09. The summed E-state index contributed by atoms with van der Waals surface area (Å²) in [5, 5.41) is 3.01. The minimum atomic E-state index is -4.66. The van der Waals surface area contributed by atoms with Crippen LogP contribution < -0.4 is 10.1 Å². The third-order valence-corrected chi connectivity index (χ3v) is 3.21. The number of halogens is 3. The maximum absolute atomic E-state index is 12.3. The van der Waals surface area contributed by atoms with Gasteiger partial charge in [-0.15, -0.1) is 13.2 Å². The zero-order valence-electron chi connectivity index (χ0n) is 12.5. The highest BCUT2D eigenvalue weighted by Gasteiger charge is 2.31. The van der Waals surface area contributed by atoms with Gasteiger partial charge < -0.3 is 10.1 Å². The van der Waals surface area contributed by atoms with Crippen LogP contribution in [0.25, 0.3) is 0 Å². The first kappa shape index (κ1) is 17.7. The molecule has 0 unspecified atom stereocenters. The second kappa shape index (κ2) is 9.53. The Hall–Kier alpha value is -1.39. The van der Waals surface area contributed by atoms with E-state index in [4.69, 9.17) is 0 Å². The Morgan fingerprint density at radius 3 is 2.24 bits per heavy atom. The van der Waals surface area contributed by atoms with Crippen molar-refractivity contribution in [3.05, 3.63) is 24.3 Å². The van der Waals surface area contributed by atoms with Crippen molar-refractivity contribution in [3.63, 3.8) is 0 Å². The Morgan fingerprint density at radius 2 is 1.57 bits per heavy atom. The number of nitrogens with one attached hydrogen (secondary N) is 1. The van der Waals surface area contributed by atoms with Gasteiger partial charge >= 0.3 is 6.36 Å². The molecule has 0 radical (unpaired) electrons. The van der Waals surface area contributed by atoms with E-state index in [2.05, 4.69) is 17.0 Å². The number of alkyl halides is 3. The lowest BCUT2D eigenvalue weighted by molar-refractivity contribution is -0.274. The minimum Gasteiger partial charge on any atom is -0.404 e. The highest BCUT2D eigenvalue weighted by Crippen LogP contribution is 2.29. The molecular formula is C16H24F3NO. The molecule has 0 heterocycles. The molecule has 1 N–H and O–H groups in total. The van der Waals surface area contributed by atoms with Gasteiger partial charge in [0.05, 0.1) is 5.69 Å². The van der Waals surface area contributed by atoms with Crippen molar-refractivity contribution >= 4 is 5.69 Å². The largest absolute Gasteiger partial charge is 0.573 e. The average molecular weight is 303 g/mol. The van der Waals surface area contributed by atoms with Crippen LogP contribution in [0.3, 0.4) is 0 Å². The first-order chi connectivity index (χ1) is 10.0. The smallest absolute Gasteiger partial charge is 0.404 e. The molecule has 1 rings (SSSR count). The fraction of sp³-hybridized carbons (Fsp3) is 0.625. The van der Waals surface area contributed by atoms with E-state index in [9.17, 15) is 13.2 Å². The summed E-state index contributed by atoms with van der Waals surface area (Å²) < 4.78 is 40.8. The summed E-state index contributed by atoms with van der Waals surface area (Å²) >= 11 is 0. The molecule has 0 aliphatic rings. The number of hydrogen-bond acceptors (Lipinski definition) is 2. The van der Waals surface area contributed by atoms with Crippen LogP contribution in [0.2, 0.25) is 0 Å². The molecule has 2 nitrogen and oxygen atoms in total. The summed E-state index contributed by atoms with van der Waals surface area (Å²) in [5.41, 5.74) is 0.390. The quantitative estimate of drug-likeness (QED) is 0.556. The van der Waals surface area contributed by atoms with Gasteiger partial charge in [-0.25, -0.2) is 0 Å². The lowest BCUT2D eigenvalue weighted by atomic mass is 10.1. The second-order valence-electron chi connectivity index (χ2n) is 5.09. The SMILES string of the molecule is CCCCCCCCCNc1ccccc1OC(F)(F)F. The molecule has 120 valence electrons.